The number of imidazole rings is 1. The molecule has 1 aromatic carbocycles. The summed E-state index contributed by atoms with van der Waals surface area (Å²) in [5, 5.41) is 5.74. The molecule has 1 aliphatic carbocycles. The number of para-hydroxylation sites is 2. The Labute approximate surface area is 147 Å². The van der Waals surface area contributed by atoms with Crippen LogP contribution in [-0.2, 0) is 7.05 Å². The Kier molecular flexibility index (Phi) is 3.03. The summed E-state index contributed by atoms with van der Waals surface area (Å²) >= 11 is 0. The number of aromatic nitrogens is 5. The van der Waals surface area contributed by atoms with E-state index in [1.54, 1.807) is 17.8 Å². The van der Waals surface area contributed by atoms with Gasteiger partial charge in [0.1, 0.15) is 0 Å². The molecule has 0 spiro atoms. The van der Waals surface area contributed by atoms with Crippen molar-refractivity contribution < 1.29 is 4.79 Å². The van der Waals surface area contributed by atoms with Crippen LogP contribution in [0.15, 0.2) is 35.1 Å². The van der Waals surface area contributed by atoms with Gasteiger partial charge < -0.3 is 4.98 Å². The van der Waals surface area contributed by atoms with Crippen molar-refractivity contribution in [3.8, 4) is 0 Å². The summed E-state index contributed by atoms with van der Waals surface area (Å²) in [6.07, 6.45) is 2.11. The molecule has 0 saturated heterocycles. The molecule has 130 valence electrons. The minimum atomic E-state index is -0.380. The number of fused-ring (bicyclic) bond motifs is 2. The van der Waals surface area contributed by atoms with E-state index in [4.69, 9.17) is 0 Å². The van der Waals surface area contributed by atoms with Crippen molar-refractivity contribution in [1.82, 2.24) is 24.7 Å². The number of carbonyl (C=O) groups excluding carboxylic acids is 1. The number of aromatic amines is 2. The Balaban J connectivity index is 1.60. The molecule has 1 fully saturated rings. The number of rotatable bonds is 3. The number of H-pyrrole nitrogens is 2. The molecule has 0 radical (unpaired) electrons. The first kappa shape index (κ1) is 14.9. The van der Waals surface area contributed by atoms with E-state index in [9.17, 15) is 9.59 Å². The summed E-state index contributed by atoms with van der Waals surface area (Å²) in [6.45, 7) is 0. The number of nitrogens with zero attached hydrogens (tertiary/aromatic N) is 3. The van der Waals surface area contributed by atoms with Crippen molar-refractivity contribution in [1.29, 1.82) is 0 Å². The number of hydrogen-bond acceptors (Lipinski definition) is 4. The van der Waals surface area contributed by atoms with Gasteiger partial charge in [-0.15, -0.1) is 0 Å². The maximum Gasteiger partial charge on any atom is 0.274 e. The van der Waals surface area contributed by atoms with Crippen molar-refractivity contribution in [2.45, 2.75) is 18.8 Å². The summed E-state index contributed by atoms with van der Waals surface area (Å²) in [5.41, 5.74) is 2.93. The fourth-order valence-corrected chi connectivity index (χ4v) is 3.23. The molecule has 3 aromatic heterocycles. The van der Waals surface area contributed by atoms with Crippen LogP contribution in [0.2, 0.25) is 0 Å². The summed E-state index contributed by atoms with van der Waals surface area (Å²) < 4.78 is 1.56. The number of anilines is 1. The zero-order chi connectivity index (χ0) is 17.8. The van der Waals surface area contributed by atoms with Crippen molar-refractivity contribution in [3.05, 3.63) is 51.9 Å². The standard InChI is InChI=1S/C18H16N6O2/c1-24-15-14(17(26)23-24)10(8-13(19-15)9-6-7-9)16(25)22-18-20-11-4-2-3-5-12(11)21-18/h2-5,8-9H,6-7H2,1H3,(H,23,26)(H2,20,21,22,25). The predicted molar refractivity (Wildman–Crippen MR) is 97.4 cm³/mol. The van der Waals surface area contributed by atoms with Crippen LogP contribution in [-0.4, -0.2) is 30.6 Å². The monoisotopic (exact) mass is 348 g/mol. The van der Waals surface area contributed by atoms with Crippen molar-refractivity contribution in [3.63, 3.8) is 0 Å². The SMILES string of the molecule is Cn1[nH]c(=O)c2c(C(=O)Nc3nc4ccccc4[nH]3)cc(C3CC3)nc21. The van der Waals surface area contributed by atoms with Gasteiger partial charge in [0.05, 0.1) is 22.0 Å². The number of aryl methyl sites for hydroxylation is 1. The molecular formula is C18H16N6O2. The van der Waals surface area contributed by atoms with Crippen molar-refractivity contribution in [2.75, 3.05) is 5.32 Å². The lowest BCUT2D eigenvalue weighted by Crippen LogP contribution is -2.16. The highest BCUT2D eigenvalue weighted by Gasteiger charge is 2.28. The Hall–Kier alpha value is -3.42. The Morgan fingerprint density at radius 1 is 1.27 bits per heavy atom. The molecule has 8 heteroatoms. The largest absolute Gasteiger partial charge is 0.324 e. The highest BCUT2D eigenvalue weighted by Crippen LogP contribution is 2.40. The minimum absolute atomic E-state index is 0.297. The van der Waals surface area contributed by atoms with Crippen LogP contribution in [0.5, 0.6) is 0 Å². The third-order valence-electron chi connectivity index (χ3n) is 4.70. The maximum absolute atomic E-state index is 12.9. The van der Waals surface area contributed by atoms with E-state index >= 15 is 0 Å². The van der Waals surface area contributed by atoms with Gasteiger partial charge in [-0.2, -0.15) is 0 Å². The second kappa shape index (κ2) is 5.29. The fourth-order valence-electron chi connectivity index (χ4n) is 3.23. The number of pyridine rings is 1. The third-order valence-corrected chi connectivity index (χ3v) is 4.70. The first-order chi connectivity index (χ1) is 12.6. The molecular weight excluding hydrogens is 332 g/mol. The molecule has 1 amide bonds. The third kappa shape index (κ3) is 2.30. The summed E-state index contributed by atoms with van der Waals surface area (Å²) in [5.74, 6) is 0.332. The smallest absolute Gasteiger partial charge is 0.274 e. The molecule has 1 aliphatic rings. The van der Waals surface area contributed by atoms with E-state index in [2.05, 4.69) is 25.4 Å². The van der Waals surface area contributed by atoms with Crippen LogP contribution in [0.25, 0.3) is 22.1 Å². The van der Waals surface area contributed by atoms with Crippen LogP contribution in [0, 0.1) is 0 Å². The van der Waals surface area contributed by atoms with Gasteiger partial charge in [0, 0.05) is 18.7 Å². The predicted octanol–water partition coefficient (Wildman–Crippen LogP) is 2.27. The Bertz CT molecular complexity index is 1190. The van der Waals surface area contributed by atoms with Gasteiger partial charge in [-0.1, -0.05) is 12.1 Å². The van der Waals surface area contributed by atoms with Gasteiger partial charge in [0.15, 0.2) is 5.65 Å². The molecule has 4 aromatic rings. The average molecular weight is 348 g/mol. The number of hydrogen-bond donors (Lipinski definition) is 3. The van der Waals surface area contributed by atoms with E-state index < -0.39 is 0 Å². The Morgan fingerprint density at radius 2 is 2.08 bits per heavy atom. The van der Waals surface area contributed by atoms with Gasteiger partial charge in [-0.3, -0.25) is 24.7 Å². The fraction of sp³-hybridized carbons (Fsp3) is 0.222. The van der Waals surface area contributed by atoms with Crippen molar-refractivity contribution >= 4 is 33.9 Å². The van der Waals surface area contributed by atoms with Crippen LogP contribution in [0.1, 0.15) is 34.8 Å². The quantitative estimate of drug-likeness (QED) is 0.528. The molecule has 0 atom stereocenters. The maximum atomic E-state index is 12.9. The van der Waals surface area contributed by atoms with E-state index in [-0.39, 0.29) is 11.5 Å². The molecule has 5 rings (SSSR count). The summed E-state index contributed by atoms with van der Waals surface area (Å²) in [4.78, 5) is 37.2. The lowest BCUT2D eigenvalue weighted by molar-refractivity contribution is 0.102. The molecule has 1 saturated carbocycles. The highest BCUT2D eigenvalue weighted by atomic mass is 16.2. The zero-order valence-corrected chi connectivity index (χ0v) is 14.0. The summed E-state index contributed by atoms with van der Waals surface area (Å²) in [7, 11) is 1.72. The molecule has 3 heterocycles. The van der Waals surface area contributed by atoms with E-state index in [1.807, 2.05) is 24.3 Å². The van der Waals surface area contributed by atoms with Gasteiger partial charge in [-0.05, 0) is 31.0 Å². The van der Waals surface area contributed by atoms with Gasteiger partial charge in [0.25, 0.3) is 11.5 Å². The second-order valence-electron chi connectivity index (χ2n) is 6.62. The van der Waals surface area contributed by atoms with Crippen LogP contribution < -0.4 is 10.9 Å². The van der Waals surface area contributed by atoms with Gasteiger partial charge >= 0.3 is 0 Å². The first-order valence-corrected chi connectivity index (χ1v) is 8.46. The molecule has 26 heavy (non-hydrogen) atoms. The number of nitrogens with one attached hydrogen (secondary N) is 3. The number of carbonyl (C=O) groups is 1. The molecule has 0 aliphatic heterocycles. The Morgan fingerprint density at radius 3 is 2.85 bits per heavy atom. The zero-order valence-electron chi connectivity index (χ0n) is 14.0. The van der Waals surface area contributed by atoms with Crippen LogP contribution in [0.4, 0.5) is 5.95 Å². The van der Waals surface area contributed by atoms with E-state index in [1.165, 1.54) is 0 Å². The number of amides is 1. The lowest BCUT2D eigenvalue weighted by Gasteiger charge is -2.06. The number of benzene rings is 1. The normalized spacial score (nSPS) is 14.2. The van der Waals surface area contributed by atoms with Crippen LogP contribution in [0.3, 0.4) is 0 Å². The van der Waals surface area contributed by atoms with Crippen LogP contribution >= 0.6 is 0 Å². The molecule has 8 nitrogen and oxygen atoms in total. The topological polar surface area (TPSA) is 108 Å². The van der Waals surface area contributed by atoms with E-state index in [0.29, 0.717) is 28.5 Å². The summed E-state index contributed by atoms with van der Waals surface area (Å²) in [6, 6.07) is 9.25. The molecule has 0 bridgehead atoms. The second-order valence-corrected chi connectivity index (χ2v) is 6.62. The highest BCUT2D eigenvalue weighted by molar-refractivity contribution is 6.11. The van der Waals surface area contributed by atoms with E-state index in [0.717, 1.165) is 29.6 Å². The van der Waals surface area contributed by atoms with Gasteiger partial charge in [0.2, 0.25) is 5.95 Å². The van der Waals surface area contributed by atoms with Crippen molar-refractivity contribution in [2.24, 2.45) is 7.05 Å². The first-order valence-electron chi connectivity index (χ1n) is 8.46. The van der Waals surface area contributed by atoms with Gasteiger partial charge in [-0.25, -0.2) is 9.97 Å². The molecule has 3 N–H and O–H groups in total. The minimum Gasteiger partial charge on any atom is -0.324 e. The lowest BCUT2D eigenvalue weighted by atomic mass is 10.1. The molecule has 0 unspecified atom stereocenters. The average Bonchev–Trinajstić information content (AvgIpc) is 3.34.